The Morgan fingerprint density at radius 1 is 0.281 bits per heavy atom. The van der Waals surface area contributed by atoms with Gasteiger partial charge in [0.25, 0.3) is 0 Å². The summed E-state index contributed by atoms with van der Waals surface area (Å²) in [4.78, 5) is 0. The predicted molar refractivity (Wildman–Crippen MR) is 297 cm³/mol. The molecule has 2 aliphatic rings. The monoisotopic (exact) mass is 905 g/mol. The van der Waals surface area contributed by atoms with Gasteiger partial charge in [-0.15, -0.1) is 0 Å². The van der Waals surface area contributed by atoms with E-state index in [1.54, 1.807) is 0 Å². The number of ether oxygens (including phenoxy) is 2. The Hall–Kier alpha value is -0.600. The molecule has 0 radical (unpaired) electrons. The van der Waals surface area contributed by atoms with Crippen LogP contribution in [0.3, 0.4) is 0 Å². The lowest BCUT2D eigenvalue weighted by atomic mass is 9.66. The van der Waals surface area contributed by atoms with Crippen LogP contribution in [-0.4, -0.2) is 24.4 Å². The van der Waals surface area contributed by atoms with Gasteiger partial charge in [-0.2, -0.15) is 0 Å². The maximum Gasteiger partial charge on any atom is 0.0895 e. The molecule has 0 aromatic carbocycles. The molecule has 2 heteroatoms. The standard InChI is InChI=1S/C12H26.2C10H20O.C10H22.2C10H20/c1-9(11(3,4)5)10(2)12(6,7)8;2*1-9(2,3)7-8(11-7)10(4,5)6;3*1-9(2,3)7-8-10(4,5)6/h9-10H,1-8H3;2*7-8H,1-6H3;7-8H2,1-6H3;2*7-8H,1-6H3/b;;;;8-7+;8-7-. The van der Waals surface area contributed by atoms with Crippen molar-refractivity contribution in [1.29, 1.82) is 0 Å². The van der Waals surface area contributed by atoms with E-state index in [-0.39, 0.29) is 0 Å². The zero-order valence-electron chi connectivity index (χ0n) is 52.0. The average Bonchev–Trinajstić information content (AvgIpc) is 3.87. The second-order valence-electron chi connectivity index (χ2n) is 33.5. The fourth-order valence-corrected chi connectivity index (χ4v) is 6.11. The molecule has 0 saturated carbocycles. The first kappa shape index (κ1) is 70.0. The molecule has 388 valence electrons. The van der Waals surface area contributed by atoms with Crippen molar-refractivity contribution in [3.63, 3.8) is 0 Å². The van der Waals surface area contributed by atoms with Gasteiger partial charge in [0.05, 0.1) is 24.4 Å². The lowest BCUT2D eigenvalue weighted by Crippen LogP contribution is -2.32. The molecule has 0 aliphatic carbocycles. The quantitative estimate of drug-likeness (QED) is 0.204. The Morgan fingerprint density at radius 3 is 0.484 bits per heavy atom. The highest BCUT2D eigenvalue weighted by Gasteiger charge is 2.53. The van der Waals surface area contributed by atoms with Gasteiger partial charge in [0.15, 0.2) is 0 Å². The van der Waals surface area contributed by atoms with Gasteiger partial charge in [-0.25, -0.2) is 0 Å². The molecule has 0 N–H and O–H groups in total. The molecule has 2 heterocycles. The highest BCUT2D eigenvalue weighted by atomic mass is 16.6. The maximum absolute atomic E-state index is 5.65. The second-order valence-corrected chi connectivity index (χ2v) is 33.5. The molecule has 0 aromatic rings. The zero-order valence-corrected chi connectivity index (χ0v) is 52.0. The van der Waals surface area contributed by atoms with E-state index in [2.05, 4.69) is 287 Å². The molecule has 2 aliphatic heterocycles. The average molecular weight is 906 g/mol. The summed E-state index contributed by atoms with van der Waals surface area (Å²) in [6.07, 6.45) is 13.6. The minimum atomic E-state index is 0.317. The SMILES string of the molecule is CC(C(C)C(C)(C)C)C(C)(C)C.CC(C)(C)/C=C/C(C)(C)C.CC(C)(C)/C=C\C(C)(C)C.CC(C)(C)C1OC1C(C)(C)C.CC(C)(C)C1OC1C(C)(C)C.CC(C)(C)CCC(C)(C)C. The third kappa shape index (κ3) is 42.7. The van der Waals surface area contributed by atoms with Crippen molar-refractivity contribution in [3.8, 4) is 0 Å². The van der Waals surface area contributed by atoms with Crippen LogP contribution in [0, 0.1) is 76.8 Å². The third-order valence-corrected chi connectivity index (χ3v) is 11.7. The largest absolute Gasteiger partial charge is 0.368 e. The zero-order chi connectivity index (χ0) is 53.1. The topological polar surface area (TPSA) is 25.1 Å². The maximum atomic E-state index is 5.65. The Labute approximate surface area is 409 Å². The summed E-state index contributed by atoms with van der Waals surface area (Å²) in [5.74, 6) is 1.55. The van der Waals surface area contributed by atoms with Crippen LogP contribution >= 0.6 is 0 Å². The van der Waals surface area contributed by atoms with Gasteiger partial charge in [-0.3, -0.25) is 0 Å². The lowest BCUT2D eigenvalue weighted by Gasteiger charge is -2.39. The van der Waals surface area contributed by atoms with E-state index in [1.807, 2.05) is 0 Å². The van der Waals surface area contributed by atoms with Crippen LogP contribution in [-0.2, 0) is 9.47 Å². The molecular formula is C62H128O2. The summed E-state index contributed by atoms with van der Waals surface area (Å²) in [7, 11) is 0. The fourth-order valence-electron chi connectivity index (χ4n) is 6.11. The van der Waals surface area contributed by atoms with Crippen molar-refractivity contribution in [2.24, 2.45) is 76.8 Å². The smallest absolute Gasteiger partial charge is 0.0895 e. The molecular weight excluding hydrogens is 777 g/mol. The molecule has 0 aromatic heterocycles. The molecule has 0 spiro atoms. The van der Waals surface area contributed by atoms with Crippen LogP contribution < -0.4 is 0 Å². The molecule has 0 amide bonds. The van der Waals surface area contributed by atoms with Crippen molar-refractivity contribution in [3.05, 3.63) is 24.3 Å². The number of hydrogen-bond acceptors (Lipinski definition) is 2. The number of hydrogen-bond donors (Lipinski definition) is 0. The summed E-state index contributed by atoms with van der Waals surface area (Å²) in [5, 5.41) is 0. The predicted octanol–water partition coefficient (Wildman–Crippen LogP) is 21.2. The van der Waals surface area contributed by atoms with Crippen LogP contribution in [0.5, 0.6) is 0 Å². The van der Waals surface area contributed by atoms with Crippen LogP contribution in [0.4, 0.5) is 0 Å². The van der Waals surface area contributed by atoms with E-state index in [0.29, 0.717) is 89.4 Å². The summed E-state index contributed by atoms with van der Waals surface area (Å²) >= 11 is 0. The minimum absolute atomic E-state index is 0.317. The summed E-state index contributed by atoms with van der Waals surface area (Å²) in [6.45, 7) is 86.1. The van der Waals surface area contributed by atoms with E-state index in [4.69, 9.17) is 9.47 Å². The Kier molecular flexibility index (Phi) is 27.1. The molecule has 2 fully saturated rings. The van der Waals surface area contributed by atoms with Gasteiger partial charge < -0.3 is 9.47 Å². The van der Waals surface area contributed by atoms with Crippen molar-refractivity contribution < 1.29 is 9.47 Å². The van der Waals surface area contributed by atoms with Gasteiger partial charge in [0.1, 0.15) is 0 Å². The Bertz CT molecular complexity index is 1110. The molecule has 0 bridgehead atoms. The summed E-state index contributed by atoms with van der Waals surface area (Å²) in [5.41, 5.74) is 4.47. The first-order chi connectivity index (χ1) is 27.1. The van der Waals surface area contributed by atoms with Crippen molar-refractivity contribution >= 4 is 0 Å². The van der Waals surface area contributed by atoms with Crippen molar-refractivity contribution in [2.45, 2.75) is 300 Å². The van der Waals surface area contributed by atoms with Crippen LogP contribution in [0.1, 0.15) is 276 Å². The van der Waals surface area contributed by atoms with Crippen molar-refractivity contribution in [2.75, 3.05) is 0 Å². The molecule has 64 heavy (non-hydrogen) atoms. The number of rotatable bonds is 2. The molecule has 2 rings (SSSR count). The first-order valence-electron chi connectivity index (χ1n) is 25.9. The molecule has 2 saturated heterocycles. The Balaban J connectivity index is -0.000000338. The first-order valence-corrected chi connectivity index (χ1v) is 25.9. The van der Waals surface area contributed by atoms with E-state index >= 15 is 0 Å². The van der Waals surface area contributed by atoms with Crippen LogP contribution in [0.2, 0.25) is 0 Å². The lowest BCUT2D eigenvalue weighted by molar-refractivity contribution is 0.0992. The fraction of sp³-hybridized carbons (Fsp3) is 0.935. The van der Waals surface area contributed by atoms with Gasteiger partial charge in [0.2, 0.25) is 0 Å². The van der Waals surface area contributed by atoms with Crippen LogP contribution in [0.25, 0.3) is 0 Å². The summed E-state index contributed by atoms with van der Waals surface area (Å²) in [6, 6.07) is 0. The number of allylic oxidation sites excluding steroid dienone is 4. The molecule has 6 unspecified atom stereocenters. The van der Waals surface area contributed by atoms with Crippen LogP contribution in [0.15, 0.2) is 24.3 Å². The van der Waals surface area contributed by atoms with E-state index in [0.717, 1.165) is 11.8 Å². The van der Waals surface area contributed by atoms with E-state index in [9.17, 15) is 0 Å². The van der Waals surface area contributed by atoms with E-state index in [1.165, 1.54) is 12.8 Å². The van der Waals surface area contributed by atoms with Gasteiger partial charge in [0, 0.05) is 0 Å². The summed E-state index contributed by atoms with van der Waals surface area (Å²) < 4.78 is 11.3. The van der Waals surface area contributed by atoms with Crippen molar-refractivity contribution in [1.82, 2.24) is 0 Å². The second kappa shape index (κ2) is 24.8. The van der Waals surface area contributed by atoms with Gasteiger partial charge >= 0.3 is 0 Å². The highest BCUT2D eigenvalue weighted by Crippen LogP contribution is 2.47. The highest BCUT2D eigenvalue weighted by molar-refractivity contribution is 5.01. The Morgan fingerprint density at radius 2 is 0.422 bits per heavy atom. The number of epoxide rings is 2. The molecule has 6 atom stereocenters. The minimum Gasteiger partial charge on any atom is -0.368 e. The molecule has 2 nitrogen and oxygen atoms in total. The van der Waals surface area contributed by atoms with Gasteiger partial charge in [-0.1, -0.05) is 287 Å². The van der Waals surface area contributed by atoms with Gasteiger partial charge in [-0.05, 0) is 89.7 Å². The van der Waals surface area contributed by atoms with E-state index < -0.39 is 0 Å². The normalized spacial score (nSPS) is 21.3. The third-order valence-electron chi connectivity index (χ3n) is 11.7.